The summed E-state index contributed by atoms with van der Waals surface area (Å²) >= 11 is 1.67. The molecule has 0 atom stereocenters. The molecule has 0 aliphatic carbocycles. The first-order valence-electron chi connectivity index (χ1n) is 14.1. The molecule has 12 nitrogen and oxygen atoms in total. The molecule has 246 valence electrons. The van der Waals surface area contributed by atoms with Crippen LogP contribution < -0.4 is 20.5 Å². The lowest BCUT2D eigenvalue weighted by molar-refractivity contribution is -0.675. The Morgan fingerprint density at radius 2 is 1.39 bits per heavy atom. The summed E-state index contributed by atoms with van der Waals surface area (Å²) in [6.45, 7) is 6.21. The predicted molar refractivity (Wildman–Crippen MR) is 174 cm³/mol. The molecule has 15 heteroatoms. The third kappa shape index (κ3) is 12.3. The van der Waals surface area contributed by atoms with Crippen molar-refractivity contribution in [1.82, 2.24) is 5.43 Å². The fourth-order valence-corrected chi connectivity index (χ4v) is 5.61. The monoisotopic (exact) mass is 687 g/mol. The molecule has 1 aromatic heterocycles. The van der Waals surface area contributed by atoms with Gasteiger partial charge < -0.3 is 13.8 Å². The highest BCUT2D eigenvalue weighted by Gasteiger charge is 2.13. The maximum absolute atomic E-state index is 10.4. The van der Waals surface area contributed by atoms with Gasteiger partial charge in [0.05, 0.1) is 34.5 Å². The topological polar surface area (TPSA) is 181 Å². The summed E-state index contributed by atoms with van der Waals surface area (Å²) in [5.41, 5.74) is 14.9. The summed E-state index contributed by atoms with van der Waals surface area (Å²) in [5, 5.41) is 6.28. The SMILES string of the molecule is C[n+]1cscc1COc1ccc(/C=N/NC(N)=[N+]2CCCC2)cc1.Cc1ccc(S(=O)(=O)[O-])cc1.Cc1ccc(S(=O)(=O)[O-])cc1. The summed E-state index contributed by atoms with van der Waals surface area (Å²) in [5.74, 6) is 1.46. The number of thiazole rings is 1. The number of ether oxygens (including phenoxy) is 1. The second kappa shape index (κ2) is 17.0. The van der Waals surface area contributed by atoms with Crippen molar-refractivity contribution in [2.24, 2.45) is 17.9 Å². The molecular formula is C31H37N5O7S3. The second-order valence-corrected chi connectivity index (χ2v) is 13.8. The fourth-order valence-electron chi connectivity index (χ4n) is 3.91. The molecule has 46 heavy (non-hydrogen) atoms. The Kier molecular flexibility index (Phi) is 13.4. The molecule has 0 bridgehead atoms. The minimum Gasteiger partial charge on any atom is -0.744 e. The molecule has 3 N–H and O–H groups in total. The van der Waals surface area contributed by atoms with E-state index in [9.17, 15) is 25.9 Å². The Morgan fingerprint density at radius 1 is 0.891 bits per heavy atom. The van der Waals surface area contributed by atoms with Crippen molar-refractivity contribution in [3.05, 3.63) is 106 Å². The van der Waals surface area contributed by atoms with Crippen molar-refractivity contribution in [2.75, 3.05) is 13.1 Å². The first kappa shape index (κ1) is 36.3. The second-order valence-electron chi connectivity index (χ2n) is 10.3. The zero-order chi connectivity index (χ0) is 33.7. The average Bonchev–Trinajstić information content (AvgIpc) is 3.69. The van der Waals surface area contributed by atoms with E-state index in [-0.39, 0.29) is 9.79 Å². The number of hydrogen-bond donors (Lipinski definition) is 2. The standard InChI is InChI=1S/C17H22N5OS.2C7H8O3S/c1-21-13-24-12-15(21)11-23-16-6-4-14(5-7-16)10-19-20-17(18)22-8-2-3-9-22;2*1-6-2-4-7(5-3-6)11(8,9)10/h4-7,10,12-13H,2-3,8-9,11H2,1H3,(H2,18,20);2*2-5H,1H3,(H,8,9,10)/q+1;;/p-1/b19-10+;;. The van der Waals surface area contributed by atoms with Crippen LogP contribution >= 0.6 is 11.3 Å². The van der Waals surface area contributed by atoms with Gasteiger partial charge in [-0.3, -0.25) is 10.3 Å². The Hall–Kier alpha value is -4.15. The Bertz CT molecular complexity index is 1760. The van der Waals surface area contributed by atoms with E-state index in [0.29, 0.717) is 12.6 Å². The molecule has 0 spiro atoms. The Balaban J connectivity index is 0.000000217. The van der Waals surface area contributed by atoms with Crippen molar-refractivity contribution >= 4 is 43.7 Å². The van der Waals surface area contributed by atoms with Crippen LogP contribution in [0.4, 0.5) is 0 Å². The summed E-state index contributed by atoms with van der Waals surface area (Å²) in [4.78, 5) is -0.355. The number of benzene rings is 3. The van der Waals surface area contributed by atoms with E-state index in [2.05, 4.69) is 30.6 Å². The molecule has 5 rings (SSSR count). The number of hydrogen-bond acceptors (Lipinski definition) is 9. The molecule has 0 amide bonds. The van der Waals surface area contributed by atoms with Crippen molar-refractivity contribution in [1.29, 1.82) is 0 Å². The van der Waals surface area contributed by atoms with Gasteiger partial charge >= 0.3 is 5.96 Å². The fraction of sp³-hybridized carbons (Fsp3) is 0.258. The van der Waals surface area contributed by atoms with Crippen LogP contribution in [0.2, 0.25) is 0 Å². The molecule has 1 fully saturated rings. The number of aromatic nitrogens is 1. The molecule has 1 aliphatic heterocycles. The quantitative estimate of drug-likeness (QED) is 0.0971. The average molecular weight is 688 g/mol. The van der Waals surface area contributed by atoms with Crippen molar-refractivity contribution in [2.45, 2.75) is 43.1 Å². The minimum atomic E-state index is -4.27. The normalized spacial score (nSPS) is 12.9. The lowest BCUT2D eigenvalue weighted by atomic mass is 10.2. The summed E-state index contributed by atoms with van der Waals surface area (Å²) in [7, 11) is -6.52. The van der Waals surface area contributed by atoms with Gasteiger partial charge in [-0.1, -0.05) is 46.7 Å². The van der Waals surface area contributed by atoms with E-state index in [1.54, 1.807) is 41.8 Å². The van der Waals surface area contributed by atoms with E-state index in [1.807, 2.05) is 45.2 Å². The lowest BCUT2D eigenvalue weighted by Gasteiger charge is -2.05. The zero-order valence-electron chi connectivity index (χ0n) is 25.7. The van der Waals surface area contributed by atoms with Gasteiger partial charge in [-0.05, 0) is 80.8 Å². The number of nitrogens with one attached hydrogen (secondary N) is 1. The number of nitrogens with zero attached hydrogens (tertiary/aromatic N) is 3. The van der Waals surface area contributed by atoms with Crippen LogP contribution in [0, 0.1) is 13.8 Å². The Morgan fingerprint density at radius 3 is 1.83 bits per heavy atom. The number of aryl methyl sites for hydroxylation is 3. The predicted octanol–water partition coefficient (Wildman–Crippen LogP) is 2.99. The van der Waals surface area contributed by atoms with Crippen LogP contribution in [0.3, 0.4) is 0 Å². The van der Waals surface area contributed by atoms with Gasteiger partial charge in [-0.15, -0.1) is 5.10 Å². The van der Waals surface area contributed by atoms with Crippen molar-refractivity contribution < 1.29 is 39.8 Å². The van der Waals surface area contributed by atoms with Crippen LogP contribution in [-0.2, 0) is 33.9 Å². The largest absolute Gasteiger partial charge is 0.744 e. The highest BCUT2D eigenvalue weighted by molar-refractivity contribution is 7.86. The van der Waals surface area contributed by atoms with E-state index in [0.717, 1.165) is 41.2 Å². The molecule has 0 saturated carbocycles. The van der Waals surface area contributed by atoms with Crippen LogP contribution in [0.5, 0.6) is 5.75 Å². The van der Waals surface area contributed by atoms with Gasteiger partial charge in [-0.25, -0.2) is 16.8 Å². The van der Waals surface area contributed by atoms with Gasteiger partial charge in [0.25, 0.3) is 0 Å². The van der Waals surface area contributed by atoms with Crippen molar-refractivity contribution in [3.8, 4) is 5.75 Å². The smallest absolute Gasteiger partial charge is 0.367 e. The third-order valence-corrected chi connectivity index (χ3v) is 9.15. The highest BCUT2D eigenvalue weighted by atomic mass is 32.2. The van der Waals surface area contributed by atoms with Crippen LogP contribution in [-0.4, -0.2) is 55.8 Å². The van der Waals surface area contributed by atoms with Gasteiger partial charge in [0.15, 0.2) is 6.61 Å². The van der Waals surface area contributed by atoms with Gasteiger partial charge in [0, 0.05) is 0 Å². The molecule has 3 aromatic carbocycles. The molecular weight excluding hydrogens is 651 g/mol. The molecule has 1 aliphatic rings. The van der Waals surface area contributed by atoms with Crippen molar-refractivity contribution in [3.63, 3.8) is 0 Å². The number of nitrogens with two attached hydrogens (primary N) is 1. The molecule has 4 aromatic rings. The summed E-state index contributed by atoms with van der Waals surface area (Å²) < 4.78 is 72.3. The number of guanidine groups is 1. The molecule has 2 heterocycles. The summed E-state index contributed by atoms with van der Waals surface area (Å²) in [6.07, 6.45) is 4.14. The molecule has 0 radical (unpaired) electrons. The minimum absolute atomic E-state index is 0.178. The molecule has 0 unspecified atom stereocenters. The first-order chi connectivity index (χ1) is 21.7. The van der Waals surface area contributed by atoms with Gasteiger partial charge in [-0.2, -0.15) is 9.99 Å². The highest BCUT2D eigenvalue weighted by Crippen LogP contribution is 2.13. The number of hydrazone groups is 1. The van der Waals surface area contributed by atoms with E-state index in [1.165, 1.54) is 37.1 Å². The maximum Gasteiger partial charge on any atom is 0.367 e. The van der Waals surface area contributed by atoms with Gasteiger partial charge in [0.2, 0.25) is 11.2 Å². The maximum atomic E-state index is 10.4. The van der Waals surface area contributed by atoms with Crippen LogP contribution in [0.1, 0.15) is 35.2 Å². The Labute approximate surface area is 274 Å². The first-order valence-corrected chi connectivity index (χ1v) is 17.8. The lowest BCUT2D eigenvalue weighted by Crippen LogP contribution is -2.37. The van der Waals surface area contributed by atoms with E-state index < -0.39 is 20.2 Å². The van der Waals surface area contributed by atoms with E-state index >= 15 is 0 Å². The van der Waals surface area contributed by atoms with Gasteiger partial charge in [0.1, 0.15) is 33.0 Å². The van der Waals surface area contributed by atoms with Crippen LogP contribution in [0.25, 0.3) is 0 Å². The molecule has 1 saturated heterocycles. The summed E-state index contributed by atoms with van der Waals surface area (Å²) in [6, 6.07) is 19.4. The van der Waals surface area contributed by atoms with Crippen LogP contribution in [0.15, 0.2) is 98.6 Å². The zero-order valence-corrected chi connectivity index (χ0v) is 28.1. The van der Waals surface area contributed by atoms with E-state index in [4.69, 9.17) is 10.5 Å². The third-order valence-electron chi connectivity index (χ3n) is 6.60. The number of rotatable bonds is 7.